The van der Waals surface area contributed by atoms with Crippen molar-refractivity contribution >= 4 is 11.9 Å². The maximum atomic E-state index is 11.1. The van der Waals surface area contributed by atoms with E-state index >= 15 is 0 Å². The van der Waals surface area contributed by atoms with E-state index in [0.29, 0.717) is 5.57 Å². The van der Waals surface area contributed by atoms with Crippen LogP contribution in [0.4, 0.5) is 0 Å². The monoisotopic (exact) mass is 184 g/mol. The van der Waals surface area contributed by atoms with Gasteiger partial charge in [-0.1, -0.05) is 6.58 Å². The normalized spacial score (nSPS) is 26.8. The van der Waals surface area contributed by atoms with Gasteiger partial charge in [0.15, 0.2) is 5.60 Å². The number of hydrogen-bond acceptors (Lipinski definition) is 4. The summed E-state index contributed by atoms with van der Waals surface area (Å²) in [7, 11) is 0. The second-order valence-corrected chi connectivity index (χ2v) is 3.46. The Kier molecular flexibility index (Phi) is 2.40. The lowest BCUT2D eigenvalue weighted by molar-refractivity contribution is -0.153. The molecule has 1 fully saturated rings. The lowest BCUT2D eigenvalue weighted by Gasteiger charge is -2.20. The molecule has 4 heteroatoms. The van der Waals surface area contributed by atoms with E-state index in [1.807, 2.05) is 0 Å². The molecule has 1 atom stereocenters. The Hall–Kier alpha value is -1.32. The first kappa shape index (κ1) is 9.77. The molecule has 0 aromatic rings. The molecule has 0 radical (unpaired) electrons. The van der Waals surface area contributed by atoms with E-state index in [1.165, 1.54) is 0 Å². The van der Waals surface area contributed by atoms with Crippen molar-refractivity contribution in [1.82, 2.24) is 0 Å². The number of esters is 2. The van der Waals surface area contributed by atoms with Gasteiger partial charge in [0.2, 0.25) is 0 Å². The number of carbonyl (C=O) groups is 2. The van der Waals surface area contributed by atoms with Crippen molar-refractivity contribution in [3.63, 3.8) is 0 Å². The average molecular weight is 184 g/mol. The minimum atomic E-state index is -0.812. The van der Waals surface area contributed by atoms with Crippen LogP contribution < -0.4 is 0 Å². The molecule has 1 saturated heterocycles. The number of ether oxygens (including phenoxy) is 2. The minimum Gasteiger partial charge on any atom is -0.461 e. The highest BCUT2D eigenvalue weighted by Gasteiger charge is 2.39. The van der Waals surface area contributed by atoms with Crippen LogP contribution in [0, 0.1) is 0 Å². The first-order chi connectivity index (χ1) is 5.93. The van der Waals surface area contributed by atoms with Crippen LogP contribution >= 0.6 is 0 Å². The summed E-state index contributed by atoms with van der Waals surface area (Å²) in [6.45, 7) is 6.80. The zero-order valence-electron chi connectivity index (χ0n) is 7.75. The zero-order chi connectivity index (χ0) is 10.1. The molecule has 1 aliphatic rings. The van der Waals surface area contributed by atoms with Gasteiger partial charge in [-0.3, -0.25) is 4.79 Å². The molecule has 1 heterocycles. The number of rotatable bonds is 2. The third kappa shape index (κ3) is 2.31. The van der Waals surface area contributed by atoms with Crippen molar-refractivity contribution in [3.8, 4) is 0 Å². The molecular formula is C9H12O4. The van der Waals surface area contributed by atoms with E-state index in [0.717, 1.165) is 0 Å². The molecule has 0 aromatic heterocycles. The lowest BCUT2D eigenvalue weighted by Crippen LogP contribution is -2.32. The predicted molar refractivity (Wildman–Crippen MR) is 44.9 cm³/mol. The molecule has 0 saturated carbocycles. The summed E-state index contributed by atoms with van der Waals surface area (Å²) in [5.41, 5.74) is -0.492. The van der Waals surface area contributed by atoms with Gasteiger partial charge >= 0.3 is 11.9 Å². The van der Waals surface area contributed by atoms with Crippen molar-refractivity contribution in [2.24, 2.45) is 0 Å². The van der Waals surface area contributed by atoms with E-state index in [-0.39, 0.29) is 19.0 Å². The molecule has 0 bridgehead atoms. The maximum Gasteiger partial charge on any atom is 0.333 e. The van der Waals surface area contributed by atoms with Crippen LogP contribution in [0.25, 0.3) is 0 Å². The Morgan fingerprint density at radius 3 is 2.69 bits per heavy atom. The molecule has 13 heavy (non-hydrogen) atoms. The number of hydrogen-bond donors (Lipinski definition) is 0. The second kappa shape index (κ2) is 3.20. The molecule has 72 valence electrons. The van der Waals surface area contributed by atoms with Crippen molar-refractivity contribution in [3.05, 3.63) is 12.2 Å². The summed E-state index contributed by atoms with van der Waals surface area (Å²) < 4.78 is 9.75. The van der Waals surface area contributed by atoms with Crippen molar-refractivity contribution in [2.75, 3.05) is 6.61 Å². The van der Waals surface area contributed by atoms with E-state index < -0.39 is 11.6 Å². The molecule has 0 unspecified atom stereocenters. The van der Waals surface area contributed by atoms with E-state index in [2.05, 4.69) is 6.58 Å². The highest BCUT2D eigenvalue weighted by molar-refractivity contribution is 5.87. The first-order valence-electron chi connectivity index (χ1n) is 3.97. The first-order valence-corrected chi connectivity index (χ1v) is 3.97. The van der Waals surface area contributed by atoms with Crippen LogP contribution in [0.1, 0.15) is 20.3 Å². The highest BCUT2D eigenvalue weighted by atomic mass is 16.6. The van der Waals surface area contributed by atoms with Gasteiger partial charge < -0.3 is 9.47 Å². The van der Waals surface area contributed by atoms with Gasteiger partial charge in [0, 0.05) is 5.57 Å². The molecule has 0 aromatic carbocycles. The van der Waals surface area contributed by atoms with Crippen LogP contribution in [0.5, 0.6) is 0 Å². The van der Waals surface area contributed by atoms with Crippen LogP contribution in [-0.4, -0.2) is 24.1 Å². The van der Waals surface area contributed by atoms with E-state index in [1.54, 1.807) is 13.8 Å². The van der Waals surface area contributed by atoms with Crippen molar-refractivity contribution in [1.29, 1.82) is 0 Å². The largest absolute Gasteiger partial charge is 0.461 e. The van der Waals surface area contributed by atoms with Gasteiger partial charge in [0.05, 0.1) is 6.42 Å². The van der Waals surface area contributed by atoms with Gasteiger partial charge in [-0.2, -0.15) is 0 Å². The minimum absolute atomic E-state index is 0.117. The van der Waals surface area contributed by atoms with Crippen molar-refractivity contribution < 1.29 is 19.1 Å². The molecule has 1 rings (SSSR count). The SMILES string of the molecule is C=C(C)C(=O)O[C@]1(C)COC(=O)C1. The summed E-state index contributed by atoms with van der Waals surface area (Å²) in [6, 6.07) is 0. The van der Waals surface area contributed by atoms with Gasteiger partial charge in [-0.25, -0.2) is 4.79 Å². The van der Waals surface area contributed by atoms with Crippen LogP contribution in [0.3, 0.4) is 0 Å². The predicted octanol–water partition coefficient (Wildman–Crippen LogP) is 0.811. The third-order valence-corrected chi connectivity index (χ3v) is 1.74. The Labute approximate surface area is 76.5 Å². The molecular weight excluding hydrogens is 172 g/mol. The Morgan fingerprint density at radius 2 is 2.31 bits per heavy atom. The Balaban J connectivity index is 2.58. The number of cyclic esters (lactones) is 1. The smallest absolute Gasteiger partial charge is 0.333 e. The van der Waals surface area contributed by atoms with Crippen molar-refractivity contribution in [2.45, 2.75) is 25.9 Å². The Bertz CT molecular complexity index is 269. The van der Waals surface area contributed by atoms with Crippen LogP contribution in [-0.2, 0) is 19.1 Å². The molecule has 0 aliphatic carbocycles. The average Bonchev–Trinajstić information content (AvgIpc) is 2.30. The summed E-state index contributed by atoms with van der Waals surface area (Å²) >= 11 is 0. The summed E-state index contributed by atoms with van der Waals surface area (Å²) in [5.74, 6) is -0.821. The maximum absolute atomic E-state index is 11.1. The molecule has 1 aliphatic heterocycles. The van der Waals surface area contributed by atoms with Crippen LogP contribution in [0.15, 0.2) is 12.2 Å². The Morgan fingerprint density at radius 1 is 1.69 bits per heavy atom. The molecule has 4 nitrogen and oxygen atoms in total. The van der Waals surface area contributed by atoms with Gasteiger partial charge in [-0.05, 0) is 13.8 Å². The quantitative estimate of drug-likeness (QED) is 0.470. The standard InChI is InChI=1S/C9H12O4/c1-6(2)8(11)13-9(3)4-7(10)12-5-9/h1,4-5H2,2-3H3/t9-/m0/s1. The lowest BCUT2D eigenvalue weighted by atomic mass is 10.1. The summed E-state index contributed by atoms with van der Waals surface area (Å²) in [4.78, 5) is 21.9. The molecule has 0 spiro atoms. The summed E-state index contributed by atoms with van der Waals surface area (Å²) in [6.07, 6.45) is 0.117. The van der Waals surface area contributed by atoms with Gasteiger partial charge in [0.1, 0.15) is 6.61 Å². The topological polar surface area (TPSA) is 52.6 Å². The fourth-order valence-corrected chi connectivity index (χ4v) is 1.02. The number of carbonyl (C=O) groups excluding carboxylic acids is 2. The van der Waals surface area contributed by atoms with E-state index in [4.69, 9.17) is 9.47 Å². The fourth-order valence-electron chi connectivity index (χ4n) is 1.02. The van der Waals surface area contributed by atoms with Gasteiger partial charge in [-0.15, -0.1) is 0 Å². The fraction of sp³-hybridized carbons (Fsp3) is 0.556. The molecule has 0 amide bonds. The zero-order valence-corrected chi connectivity index (χ0v) is 7.75. The second-order valence-electron chi connectivity index (χ2n) is 3.46. The molecule has 0 N–H and O–H groups in total. The summed E-state index contributed by atoms with van der Waals surface area (Å²) in [5, 5.41) is 0. The van der Waals surface area contributed by atoms with E-state index in [9.17, 15) is 9.59 Å². The van der Waals surface area contributed by atoms with Gasteiger partial charge in [0.25, 0.3) is 0 Å². The van der Waals surface area contributed by atoms with Crippen LogP contribution in [0.2, 0.25) is 0 Å². The third-order valence-electron chi connectivity index (χ3n) is 1.74. The highest BCUT2D eigenvalue weighted by Crippen LogP contribution is 2.24.